The van der Waals surface area contributed by atoms with E-state index >= 15 is 0 Å². The molecule has 1 saturated heterocycles. The quantitative estimate of drug-likeness (QED) is 0.351. The molecule has 1 amide bonds. The Bertz CT molecular complexity index is 1170. The van der Waals surface area contributed by atoms with Crippen molar-refractivity contribution in [2.75, 3.05) is 25.7 Å². The molecule has 0 radical (unpaired) electrons. The molecule has 0 spiro atoms. The maximum absolute atomic E-state index is 13.3. The average molecular weight is 474 g/mol. The van der Waals surface area contributed by atoms with Crippen molar-refractivity contribution in [3.63, 3.8) is 0 Å². The number of Topliss-reactive ketones (excluding diaryl/α,β-unsaturated/α-hetero) is 1. The summed E-state index contributed by atoms with van der Waals surface area (Å²) in [5.74, 6) is -0.207. The number of nitrogens with zero attached hydrogens (tertiary/aromatic N) is 1. The van der Waals surface area contributed by atoms with Crippen LogP contribution >= 0.6 is 0 Å². The molecule has 7 nitrogen and oxygen atoms in total. The Kier molecular flexibility index (Phi) is 7.45. The molecular formula is C28H27NO6. The first kappa shape index (κ1) is 24.0. The van der Waals surface area contributed by atoms with Crippen LogP contribution in [0.2, 0.25) is 0 Å². The molecule has 1 aliphatic heterocycles. The van der Waals surface area contributed by atoms with Crippen LogP contribution in [-0.2, 0) is 14.3 Å². The number of amides is 1. The predicted molar refractivity (Wildman–Crippen MR) is 131 cm³/mol. The lowest BCUT2D eigenvalue weighted by Gasteiger charge is -2.40. The molecular weight excluding hydrogens is 446 g/mol. The van der Waals surface area contributed by atoms with Crippen LogP contribution in [0, 0.1) is 5.92 Å². The Labute approximate surface area is 204 Å². The van der Waals surface area contributed by atoms with E-state index in [4.69, 9.17) is 14.2 Å². The zero-order valence-corrected chi connectivity index (χ0v) is 19.7. The molecule has 180 valence electrons. The van der Waals surface area contributed by atoms with Crippen LogP contribution in [-0.4, -0.2) is 38.5 Å². The summed E-state index contributed by atoms with van der Waals surface area (Å²) >= 11 is 0. The van der Waals surface area contributed by atoms with Gasteiger partial charge in [-0.25, -0.2) is 0 Å². The van der Waals surface area contributed by atoms with Crippen molar-refractivity contribution in [1.82, 2.24) is 0 Å². The van der Waals surface area contributed by atoms with Crippen molar-refractivity contribution in [3.05, 3.63) is 90.0 Å². The summed E-state index contributed by atoms with van der Waals surface area (Å²) < 4.78 is 16.0. The molecule has 0 N–H and O–H groups in total. The average Bonchev–Trinajstić information content (AvgIpc) is 2.92. The van der Waals surface area contributed by atoms with Crippen LogP contribution in [0.25, 0.3) is 0 Å². The van der Waals surface area contributed by atoms with Crippen LogP contribution in [0.4, 0.5) is 5.69 Å². The Morgan fingerprint density at radius 2 is 1.46 bits per heavy atom. The number of ether oxygens (including phenoxy) is 3. The molecule has 3 aromatic carbocycles. The molecule has 1 aliphatic rings. The van der Waals surface area contributed by atoms with E-state index in [2.05, 4.69) is 0 Å². The minimum absolute atomic E-state index is 0.0969. The maximum Gasteiger partial charge on any atom is 0.311 e. The van der Waals surface area contributed by atoms with E-state index < -0.39 is 17.9 Å². The number of carbonyl (C=O) groups excluding carboxylic acids is 3. The molecule has 2 unspecified atom stereocenters. The van der Waals surface area contributed by atoms with Crippen molar-refractivity contribution >= 4 is 23.3 Å². The van der Waals surface area contributed by atoms with Gasteiger partial charge in [-0.15, -0.1) is 0 Å². The number of hydrogen-bond acceptors (Lipinski definition) is 6. The molecule has 2 atom stereocenters. The molecule has 0 aliphatic carbocycles. The van der Waals surface area contributed by atoms with Crippen LogP contribution in [0.5, 0.6) is 11.5 Å². The highest BCUT2D eigenvalue weighted by Crippen LogP contribution is 2.41. The Morgan fingerprint density at radius 1 is 0.857 bits per heavy atom. The van der Waals surface area contributed by atoms with Gasteiger partial charge in [-0.05, 0) is 48.4 Å². The zero-order chi connectivity index (χ0) is 24.8. The number of methoxy groups -OCH3 is 2. The van der Waals surface area contributed by atoms with Gasteiger partial charge < -0.3 is 19.1 Å². The van der Waals surface area contributed by atoms with Gasteiger partial charge in [0.1, 0.15) is 11.5 Å². The van der Waals surface area contributed by atoms with E-state index in [0.717, 1.165) is 5.56 Å². The fourth-order valence-electron chi connectivity index (χ4n) is 4.32. The van der Waals surface area contributed by atoms with E-state index in [1.165, 1.54) is 0 Å². The Balaban J connectivity index is 1.63. The third-order valence-electron chi connectivity index (χ3n) is 6.15. The molecule has 0 aromatic heterocycles. The summed E-state index contributed by atoms with van der Waals surface area (Å²) in [7, 11) is 3.15. The molecule has 3 aromatic rings. The van der Waals surface area contributed by atoms with Gasteiger partial charge >= 0.3 is 5.97 Å². The van der Waals surface area contributed by atoms with Gasteiger partial charge in [-0.1, -0.05) is 42.5 Å². The van der Waals surface area contributed by atoms with E-state index in [1.54, 1.807) is 79.8 Å². The van der Waals surface area contributed by atoms with Gasteiger partial charge in [-0.3, -0.25) is 14.4 Å². The Hall–Kier alpha value is -4.13. The minimum atomic E-state index is -0.647. The highest BCUT2D eigenvalue weighted by Gasteiger charge is 2.42. The summed E-state index contributed by atoms with van der Waals surface area (Å²) in [6, 6.07) is 22.5. The lowest BCUT2D eigenvalue weighted by Crippen LogP contribution is -2.46. The zero-order valence-electron chi connectivity index (χ0n) is 19.7. The van der Waals surface area contributed by atoms with Crippen LogP contribution in [0.3, 0.4) is 0 Å². The topological polar surface area (TPSA) is 82.1 Å². The van der Waals surface area contributed by atoms with Crippen molar-refractivity contribution in [1.29, 1.82) is 0 Å². The van der Waals surface area contributed by atoms with Crippen LogP contribution < -0.4 is 14.4 Å². The van der Waals surface area contributed by atoms with Crippen molar-refractivity contribution < 1.29 is 28.6 Å². The number of benzene rings is 3. The summed E-state index contributed by atoms with van der Waals surface area (Å²) in [5.41, 5.74) is 1.89. The first-order valence-electron chi connectivity index (χ1n) is 11.4. The van der Waals surface area contributed by atoms with E-state index in [0.29, 0.717) is 29.2 Å². The second-order valence-electron chi connectivity index (χ2n) is 8.22. The van der Waals surface area contributed by atoms with Gasteiger partial charge in [0.25, 0.3) is 0 Å². The van der Waals surface area contributed by atoms with E-state index in [1.807, 2.05) is 18.2 Å². The third-order valence-corrected chi connectivity index (χ3v) is 6.15. The lowest BCUT2D eigenvalue weighted by molar-refractivity contribution is -0.149. The van der Waals surface area contributed by atoms with Crippen molar-refractivity contribution in [3.8, 4) is 11.5 Å². The highest BCUT2D eigenvalue weighted by molar-refractivity contribution is 5.99. The number of hydrogen-bond donors (Lipinski definition) is 0. The van der Waals surface area contributed by atoms with Crippen LogP contribution in [0.15, 0.2) is 78.9 Å². The van der Waals surface area contributed by atoms with E-state index in [9.17, 15) is 14.4 Å². The highest BCUT2D eigenvalue weighted by atomic mass is 16.5. The molecule has 7 heteroatoms. The normalized spacial score (nSPS) is 17.5. The number of anilines is 1. The van der Waals surface area contributed by atoms with Gasteiger partial charge in [0.15, 0.2) is 12.4 Å². The van der Waals surface area contributed by atoms with Gasteiger partial charge in [0, 0.05) is 17.7 Å². The smallest absolute Gasteiger partial charge is 0.311 e. The lowest BCUT2D eigenvalue weighted by atomic mass is 9.83. The monoisotopic (exact) mass is 473 g/mol. The molecule has 0 saturated carbocycles. The van der Waals surface area contributed by atoms with Gasteiger partial charge in [-0.2, -0.15) is 0 Å². The summed E-state index contributed by atoms with van der Waals surface area (Å²) in [4.78, 5) is 40.5. The number of esters is 1. The fourth-order valence-corrected chi connectivity index (χ4v) is 4.32. The Morgan fingerprint density at radius 3 is 2.06 bits per heavy atom. The fraction of sp³-hybridized carbons (Fsp3) is 0.250. The third kappa shape index (κ3) is 5.35. The first-order chi connectivity index (χ1) is 17.0. The number of ketones is 1. The second-order valence-corrected chi connectivity index (χ2v) is 8.22. The largest absolute Gasteiger partial charge is 0.497 e. The molecule has 4 rings (SSSR count). The number of carbonyl (C=O) groups is 3. The molecule has 1 heterocycles. The molecule has 0 bridgehead atoms. The molecule has 1 fully saturated rings. The standard InChI is InChI=1S/C28H27NO6/c1-33-22-12-8-20(9-13-22)27-24(28(32)35-18-25(30)19-6-4-3-5-7-19)16-17-26(31)29(27)21-10-14-23(34-2)15-11-21/h3-15,24,27H,16-18H2,1-2H3. The SMILES string of the molecule is COc1ccc(C2C(C(=O)OCC(=O)c3ccccc3)CCC(=O)N2c2ccc(OC)cc2)cc1. The van der Waals surface area contributed by atoms with Gasteiger partial charge in [0.2, 0.25) is 5.91 Å². The number of piperidine rings is 1. The van der Waals surface area contributed by atoms with E-state index in [-0.39, 0.29) is 24.7 Å². The summed E-state index contributed by atoms with van der Waals surface area (Å²) in [6.45, 7) is -0.356. The second kappa shape index (κ2) is 10.9. The van der Waals surface area contributed by atoms with Gasteiger partial charge in [0.05, 0.1) is 26.2 Å². The molecule has 35 heavy (non-hydrogen) atoms. The van der Waals surface area contributed by atoms with Crippen molar-refractivity contribution in [2.45, 2.75) is 18.9 Å². The maximum atomic E-state index is 13.3. The summed E-state index contributed by atoms with van der Waals surface area (Å²) in [6.07, 6.45) is 0.506. The number of rotatable bonds is 8. The first-order valence-corrected chi connectivity index (χ1v) is 11.4. The van der Waals surface area contributed by atoms with Crippen molar-refractivity contribution in [2.24, 2.45) is 5.92 Å². The van der Waals surface area contributed by atoms with Crippen LogP contribution in [0.1, 0.15) is 34.8 Å². The minimum Gasteiger partial charge on any atom is -0.497 e. The summed E-state index contributed by atoms with van der Waals surface area (Å²) in [5, 5.41) is 0. The predicted octanol–water partition coefficient (Wildman–Crippen LogP) is 4.61.